The second-order valence-electron chi connectivity index (χ2n) is 12.4. The molecule has 246 valence electrons. The second-order valence-corrected chi connectivity index (χ2v) is 23.7. The van der Waals surface area contributed by atoms with Gasteiger partial charge in [0.25, 0.3) is 0 Å². The topological polar surface area (TPSA) is 191 Å². The van der Waals surface area contributed by atoms with Crippen LogP contribution in [0.15, 0.2) is 18.6 Å². The predicted molar refractivity (Wildman–Crippen MR) is 172 cm³/mol. The zero-order valence-corrected chi connectivity index (χ0v) is 29.8. The van der Waals surface area contributed by atoms with Crippen LogP contribution in [0.1, 0.15) is 30.4 Å². The van der Waals surface area contributed by atoms with Gasteiger partial charge in [-0.2, -0.15) is 30.8 Å². The summed E-state index contributed by atoms with van der Waals surface area (Å²) in [5, 5.41) is 48.8. The molecular formula is C28H48N12O3Si2. The number of nitrogens with zero attached hydrogens (tertiary/aromatic N) is 12. The minimum absolute atomic E-state index is 0.299. The van der Waals surface area contributed by atoms with E-state index in [1.165, 1.54) is 4.80 Å². The molecule has 3 heterocycles. The van der Waals surface area contributed by atoms with Gasteiger partial charge >= 0.3 is 0 Å². The summed E-state index contributed by atoms with van der Waals surface area (Å²) >= 11 is 0. The molecule has 0 aliphatic rings. The van der Waals surface area contributed by atoms with Crippen LogP contribution in [0.2, 0.25) is 51.4 Å². The van der Waals surface area contributed by atoms with E-state index in [-0.39, 0.29) is 0 Å². The third kappa shape index (κ3) is 20.0. The van der Waals surface area contributed by atoms with Gasteiger partial charge in [0, 0.05) is 36.0 Å². The molecule has 0 fully saturated rings. The lowest BCUT2D eigenvalue weighted by Crippen LogP contribution is -2.22. The van der Waals surface area contributed by atoms with Gasteiger partial charge in [0.1, 0.15) is 13.5 Å². The minimum atomic E-state index is -1.03. The quantitative estimate of drug-likeness (QED) is 0.150. The number of hydrogen-bond donors (Lipinski definition) is 0. The lowest BCUT2D eigenvalue weighted by atomic mass is 10.4. The molecule has 0 N–H and O–H groups in total. The van der Waals surface area contributed by atoms with Crippen molar-refractivity contribution in [3.8, 4) is 18.2 Å². The molecule has 15 nitrogen and oxygen atoms in total. The van der Waals surface area contributed by atoms with Crippen molar-refractivity contribution in [2.45, 2.75) is 104 Å². The van der Waals surface area contributed by atoms with Gasteiger partial charge in [0.2, 0.25) is 0 Å². The fraction of sp³-hybridized carbons (Fsp3) is 0.679. The Labute approximate surface area is 268 Å². The second kappa shape index (κ2) is 21.8. The summed E-state index contributed by atoms with van der Waals surface area (Å²) in [5.41, 5.74) is 2.18. The number of aromatic nitrogens is 9. The monoisotopic (exact) mass is 656 g/mol. The number of ether oxygens (including phenoxy) is 3. The highest BCUT2D eigenvalue weighted by atomic mass is 28.3. The van der Waals surface area contributed by atoms with Crippen LogP contribution in [0.5, 0.6) is 0 Å². The Morgan fingerprint density at radius 2 is 1.33 bits per heavy atom. The molecule has 0 spiro atoms. The molecule has 0 radical (unpaired) electrons. The Morgan fingerprint density at radius 3 is 1.93 bits per heavy atom. The van der Waals surface area contributed by atoms with Crippen molar-refractivity contribution in [2.75, 3.05) is 19.8 Å². The van der Waals surface area contributed by atoms with Gasteiger partial charge < -0.3 is 14.2 Å². The first-order valence-corrected chi connectivity index (χ1v) is 22.3. The molecule has 0 saturated carbocycles. The van der Waals surface area contributed by atoms with Gasteiger partial charge in [-0.3, -0.25) is 0 Å². The standard InChI is InChI=1S/2C10H18N4OSi.C8H12N4O/c1-16(2,3)7-6-15-9-14-10(4-5-11)8-12-13-14;1-16(2,3)7-6-15-9-14-12-8-10(13-14)4-5-11;1-2-5-13-7-12-6-8(3-4-9)10-11-12/h2*8H,4,6-7,9H2,1-3H3;6H,2-3,5,7H2,1H3. The molecule has 0 aliphatic heterocycles. The van der Waals surface area contributed by atoms with E-state index in [4.69, 9.17) is 30.0 Å². The highest BCUT2D eigenvalue weighted by Gasteiger charge is 2.13. The van der Waals surface area contributed by atoms with Crippen LogP contribution in [-0.2, 0) is 53.7 Å². The Bertz CT molecular complexity index is 1340. The van der Waals surface area contributed by atoms with Crippen LogP contribution in [0.3, 0.4) is 0 Å². The van der Waals surface area contributed by atoms with E-state index in [1.807, 2.05) is 19.1 Å². The summed E-state index contributed by atoms with van der Waals surface area (Å²) < 4.78 is 19.5. The van der Waals surface area contributed by atoms with Crippen LogP contribution >= 0.6 is 0 Å². The van der Waals surface area contributed by atoms with Crippen molar-refractivity contribution in [1.82, 2.24) is 45.0 Å². The summed E-state index contributed by atoms with van der Waals surface area (Å²) in [6, 6.07) is 8.39. The van der Waals surface area contributed by atoms with Gasteiger partial charge in [0.05, 0.1) is 73.1 Å². The predicted octanol–water partition coefficient (Wildman–Crippen LogP) is 4.04. The number of rotatable bonds is 17. The molecule has 0 bridgehead atoms. The smallest absolute Gasteiger partial charge is 0.158 e. The molecule has 0 saturated heterocycles. The van der Waals surface area contributed by atoms with Crippen LogP contribution in [0.4, 0.5) is 0 Å². The molecule has 0 unspecified atom stereocenters. The molecule has 45 heavy (non-hydrogen) atoms. The fourth-order valence-corrected chi connectivity index (χ4v) is 4.60. The molecule has 17 heteroatoms. The average molecular weight is 657 g/mol. The fourth-order valence-electron chi connectivity index (χ4n) is 3.08. The minimum Gasteiger partial charge on any atom is -0.359 e. The van der Waals surface area contributed by atoms with Crippen molar-refractivity contribution >= 4 is 16.1 Å². The lowest BCUT2D eigenvalue weighted by Gasteiger charge is -2.15. The Kier molecular flexibility index (Phi) is 19.0. The van der Waals surface area contributed by atoms with Crippen LogP contribution < -0.4 is 0 Å². The maximum atomic E-state index is 8.59. The van der Waals surface area contributed by atoms with E-state index in [2.05, 4.69) is 76.2 Å². The highest BCUT2D eigenvalue weighted by molar-refractivity contribution is 6.76. The molecule has 3 rings (SSSR count). The molecular weight excluding hydrogens is 609 g/mol. The van der Waals surface area contributed by atoms with Crippen molar-refractivity contribution in [3.05, 3.63) is 35.7 Å². The first-order valence-electron chi connectivity index (χ1n) is 14.9. The molecule has 0 amide bonds. The van der Waals surface area contributed by atoms with E-state index in [0.29, 0.717) is 57.4 Å². The van der Waals surface area contributed by atoms with E-state index < -0.39 is 16.1 Å². The van der Waals surface area contributed by atoms with E-state index in [9.17, 15) is 0 Å². The van der Waals surface area contributed by atoms with Gasteiger partial charge in [-0.05, 0) is 18.5 Å². The average Bonchev–Trinajstić information content (AvgIpc) is 3.72. The zero-order chi connectivity index (χ0) is 33.6. The van der Waals surface area contributed by atoms with Crippen LogP contribution in [0.25, 0.3) is 0 Å². The highest BCUT2D eigenvalue weighted by Crippen LogP contribution is 2.09. The van der Waals surface area contributed by atoms with E-state index in [1.54, 1.807) is 28.0 Å². The third-order valence-corrected chi connectivity index (χ3v) is 9.04. The number of hydrogen-bond acceptors (Lipinski definition) is 12. The largest absolute Gasteiger partial charge is 0.359 e. The Hall–Kier alpha value is -3.80. The summed E-state index contributed by atoms with van der Waals surface area (Å²) in [6.45, 7) is 19.3. The first-order chi connectivity index (χ1) is 21.4. The first kappa shape index (κ1) is 39.2. The van der Waals surface area contributed by atoms with Crippen molar-refractivity contribution < 1.29 is 14.2 Å². The molecule has 0 atom stereocenters. The summed E-state index contributed by atoms with van der Waals surface area (Å²) in [4.78, 5) is 1.48. The SMILES string of the molecule is CCCOCn1cc(CC#N)nn1.C[Si](C)(C)CCOCn1ncc(CC#N)n1.C[Si](C)(C)CCOCn1nncc1CC#N. The molecule has 0 aliphatic carbocycles. The van der Waals surface area contributed by atoms with Crippen molar-refractivity contribution in [2.24, 2.45) is 0 Å². The maximum absolute atomic E-state index is 8.59. The third-order valence-electron chi connectivity index (χ3n) is 5.63. The van der Waals surface area contributed by atoms with Gasteiger partial charge in [-0.15, -0.1) is 10.2 Å². The van der Waals surface area contributed by atoms with E-state index in [0.717, 1.165) is 37.4 Å². The van der Waals surface area contributed by atoms with Crippen LogP contribution in [-0.4, -0.2) is 81.0 Å². The lowest BCUT2D eigenvalue weighted by molar-refractivity contribution is 0.0680. The molecule has 3 aromatic rings. The van der Waals surface area contributed by atoms with Gasteiger partial charge in [-0.25, -0.2) is 9.36 Å². The molecule has 0 aromatic carbocycles. The van der Waals surface area contributed by atoms with Gasteiger partial charge in [-0.1, -0.05) is 56.6 Å². The summed E-state index contributed by atoms with van der Waals surface area (Å²) in [5.74, 6) is 0. The summed E-state index contributed by atoms with van der Waals surface area (Å²) in [6.07, 6.45) is 6.84. The number of nitriles is 3. The Morgan fingerprint density at radius 1 is 0.733 bits per heavy atom. The Balaban J connectivity index is 0.000000340. The van der Waals surface area contributed by atoms with Crippen molar-refractivity contribution in [1.29, 1.82) is 15.8 Å². The summed E-state index contributed by atoms with van der Waals surface area (Å²) in [7, 11) is -2.05. The normalized spacial score (nSPS) is 10.9. The van der Waals surface area contributed by atoms with E-state index >= 15 is 0 Å². The maximum Gasteiger partial charge on any atom is 0.158 e. The van der Waals surface area contributed by atoms with Gasteiger partial charge in [0.15, 0.2) is 6.73 Å². The van der Waals surface area contributed by atoms with Crippen molar-refractivity contribution in [3.63, 3.8) is 0 Å². The van der Waals surface area contributed by atoms with Crippen LogP contribution in [0, 0.1) is 34.0 Å². The zero-order valence-electron chi connectivity index (χ0n) is 27.8. The molecule has 3 aromatic heterocycles.